The van der Waals surface area contributed by atoms with Crippen LogP contribution in [0.4, 0.5) is 0 Å². The SMILES string of the molecule is Cc1ccc2ccccc2c1-c1ccc2ccc3cccc4ccc1c2c34. The van der Waals surface area contributed by atoms with Crippen LogP contribution in [0.3, 0.4) is 0 Å². The van der Waals surface area contributed by atoms with Gasteiger partial charge in [-0.25, -0.2) is 0 Å². The number of benzene rings is 6. The Labute approximate surface area is 158 Å². The molecule has 0 unspecified atom stereocenters. The molecule has 0 aliphatic carbocycles. The molecule has 0 aromatic heterocycles. The Morgan fingerprint density at radius 3 is 1.93 bits per heavy atom. The molecule has 6 rings (SSSR count). The molecule has 6 aromatic carbocycles. The monoisotopic (exact) mass is 342 g/mol. The van der Waals surface area contributed by atoms with Crippen LogP contribution in [-0.4, -0.2) is 0 Å². The molecule has 0 saturated carbocycles. The van der Waals surface area contributed by atoms with E-state index in [2.05, 4.69) is 97.9 Å². The normalized spacial score (nSPS) is 11.9. The Balaban J connectivity index is 1.84. The Morgan fingerprint density at radius 1 is 0.444 bits per heavy atom. The van der Waals surface area contributed by atoms with Crippen molar-refractivity contribution in [2.24, 2.45) is 0 Å². The van der Waals surface area contributed by atoms with E-state index in [1.54, 1.807) is 0 Å². The van der Waals surface area contributed by atoms with Gasteiger partial charge in [-0.3, -0.25) is 0 Å². The van der Waals surface area contributed by atoms with Crippen LogP contribution in [0.2, 0.25) is 0 Å². The first-order valence-corrected chi connectivity index (χ1v) is 9.46. The zero-order valence-electron chi connectivity index (χ0n) is 15.2. The zero-order valence-corrected chi connectivity index (χ0v) is 15.2. The third-order valence-electron chi connectivity index (χ3n) is 5.94. The summed E-state index contributed by atoms with van der Waals surface area (Å²) in [6, 6.07) is 33.4. The van der Waals surface area contributed by atoms with Gasteiger partial charge in [0.05, 0.1) is 0 Å². The molecule has 0 spiro atoms. The lowest BCUT2D eigenvalue weighted by atomic mass is 9.87. The van der Waals surface area contributed by atoms with E-state index in [4.69, 9.17) is 0 Å². The van der Waals surface area contributed by atoms with Crippen LogP contribution in [0.1, 0.15) is 5.56 Å². The first-order valence-electron chi connectivity index (χ1n) is 9.46. The van der Waals surface area contributed by atoms with Crippen LogP contribution >= 0.6 is 0 Å². The van der Waals surface area contributed by atoms with Gasteiger partial charge in [0.25, 0.3) is 0 Å². The summed E-state index contributed by atoms with van der Waals surface area (Å²) in [5, 5.41) is 10.7. The molecule has 0 heteroatoms. The Kier molecular flexibility index (Phi) is 2.90. The van der Waals surface area contributed by atoms with Crippen LogP contribution < -0.4 is 0 Å². The van der Waals surface area contributed by atoms with E-state index in [0.29, 0.717) is 0 Å². The second kappa shape index (κ2) is 5.31. The minimum atomic E-state index is 1.30. The van der Waals surface area contributed by atoms with Crippen LogP contribution in [0, 0.1) is 6.92 Å². The molecule has 0 radical (unpaired) electrons. The number of fused-ring (bicyclic) bond motifs is 1. The maximum absolute atomic E-state index is 2.31. The van der Waals surface area contributed by atoms with Crippen molar-refractivity contribution in [1.29, 1.82) is 0 Å². The maximum atomic E-state index is 2.31. The van der Waals surface area contributed by atoms with Crippen molar-refractivity contribution in [3.05, 3.63) is 96.6 Å². The topological polar surface area (TPSA) is 0 Å². The number of aryl methyl sites for hydroxylation is 1. The predicted molar refractivity (Wildman–Crippen MR) is 118 cm³/mol. The smallest absolute Gasteiger partial charge is 0.00206 e. The van der Waals surface area contributed by atoms with Gasteiger partial charge >= 0.3 is 0 Å². The number of hydrogen-bond acceptors (Lipinski definition) is 0. The molecule has 6 aromatic rings. The molecular formula is C27H18. The molecule has 0 saturated heterocycles. The molecule has 0 fully saturated rings. The molecule has 0 nitrogen and oxygen atoms in total. The summed E-state index contributed by atoms with van der Waals surface area (Å²) in [7, 11) is 0. The quantitative estimate of drug-likeness (QED) is 0.268. The molecule has 0 atom stereocenters. The molecule has 0 amide bonds. The van der Waals surface area contributed by atoms with Crippen LogP contribution in [-0.2, 0) is 0 Å². The lowest BCUT2D eigenvalue weighted by molar-refractivity contribution is 1.50. The van der Waals surface area contributed by atoms with Gasteiger partial charge < -0.3 is 0 Å². The van der Waals surface area contributed by atoms with Gasteiger partial charge in [-0.05, 0) is 66.7 Å². The second-order valence-corrected chi connectivity index (χ2v) is 7.45. The summed E-state index contributed by atoms with van der Waals surface area (Å²) < 4.78 is 0. The van der Waals surface area contributed by atoms with Crippen molar-refractivity contribution in [2.45, 2.75) is 6.92 Å². The van der Waals surface area contributed by atoms with E-state index in [1.165, 1.54) is 59.8 Å². The standard InChI is InChI=1S/C27H18/c1-17-9-10-18-5-2-3-8-22(18)25(17)23-15-14-21-12-11-19-6-4-7-20-13-16-24(23)27(21)26(19)20/h2-16H,1H3. The summed E-state index contributed by atoms with van der Waals surface area (Å²) in [6.45, 7) is 2.22. The van der Waals surface area contributed by atoms with Crippen molar-refractivity contribution in [3.8, 4) is 11.1 Å². The molecule has 126 valence electrons. The van der Waals surface area contributed by atoms with E-state index in [0.717, 1.165) is 0 Å². The highest BCUT2D eigenvalue weighted by atomic mass is 14.2. The van der Waals surface area contributed by atoms with Gasteiger partial charge in [0.15, 0.2) is 0 Å². The fourth-order valence-corrected chi connectivity index (χ4v) is 4.69. The van der Waals surface area contributed by atoms with Gasteiger partial charge in [-0.1, -0.05) is 91.0 Å². The number of rotatable bonds is 1. The lowest BCUT2D eigenvalue weighted by Crippen LogP contribution is -1.90. The molecule has 0 N–H and O–H groups in total. The minimum absolute atomic E-state index is 1.30. The van der Waals surface area contributed by atoms with Crippen molar-refractivity contribution in [1.82, 2.24) is 0 Å². The van der Waals surface area contributed by atoms with E-state index in [9.17, 15) is 0 Å². The van der Waals surface area contributed by atoms with Gasteiger partial charge in [0.2, 0.25) is 0 Å². The fourth-order valence-electron chi connectivity index (χ4n) is 4.69. The first-order chi connectivity index (χ1) is 13.3. The first kappa shape index (κ1) is 14.8. The molecular weight excluding hydrogens is 324 g/mol. The van der Waals surface area contributed by atoms with E-state index in [1.807, 2.05) is 0 Å². The largest absolute Gasteiger partial charge is 0.0616 e. The number of hydrogen-bond donors (Lipinski definition) is 0. The highest BCUT2D eigenvalue weighted by Crippen LogP contribution is 2.41. The summed E-state index contributed by atoms with van der Waals surface area (Å²) in [4.78, 5) is 0. The summed E-state index contributed by atoms with van der Waals surface area (Å²) in [5.74, 6) is 0. The lowest BCUT2D eigenvalue weighted by Gasteiger charge is -2.17. The van der Waals surface area contributed by atoms with E-state index in [-0.39, 0.29) is 0 Å². The second-order valence-electron chi connectivity index (χ2n) is 7.45. The van der Waals surface area contributed by atoms with Crippen LogP contribution in [0.15, 0.2) is 91.0 Å². The average molecular weight is 342 g/mol. The van der Waals surface area contributed by atoms with Crippen LogP contribution in [0.25, 0.3) is 54.2 Å². The van der Waals surface area contributed by atoms with E-state index >= 15 is 0 Å². The summed E-state index contributed by atoms with van der Waals surface area (Å²) in [5.41, 5.74) is 4.00. The van der Waals surface area contributed by atoms with Crippen molar-refractivity contribution in [2.75, 3.05) is 0 Å². The molecule has 0 bridgehead atoms. The highest BCUT2D eigenvalue weighted by Gasteiger charge is 2.14. The molecule has 0 aliphatic rings. The minimum Gasteiger partial charge on any atom is -0.0616 e. The highest BCUT2D eigenvalue weighted by molar-refractivity contribution is 6.26. The van der Waals surface area contributed by atoms with Crippen molar-refractivity contribution >= 4 is 43.1 Å². The third kappa shape index (κ3) is 1.98. The third-order valence-corrected chi connectivity index (χ3v) is 5.94. The molecule has 0 heterocycles. The zero-order chi connectivity index (χ0) is 18.0. The summed E-state index contributed by atoms with van der Waals surface area (Å²) in [6.07, 6.45) is 0. The Morgan fingerprint density at radius 2 is 1.07 bits per heavy atom. The van der Waals surface area contributed by atoms with Gasteiger partial charge in [0.1, 0.15) is 0 Å². The predicted octanol–water partition coefficient (Wildman–Crippen LogP) is 7.71. The maximum Gasteiger partial charge on any atom is -0.00206 e. The summed E-state index contributed by atoms with van der Waals surface area (Å²) >= 11 is 0. The van der Waals surface area contributed by atoms with Crippen molar-refractivity contribution in [3.63, 3.8) is 0 Å². The molecule has 27 heavy (non-hydrogen) atoms. The van der Waals surface area contributed by atoms with Gasteiger partial charge in [0, 0.05) is 0 Å². The van der Waals surface area contributed by atoms with Crippen molar-refractivity contribution < 1.29 is 0 Å². The Bertz CT molecular complexity index is 1450. The van der Waals surface area contributed by atoms with Crippen LogP contribution in [0.5, 0.6) is 0 Å². The van der Waals surface area contributed by atoms with Gasteiger partial charge in [-0.2, -0.15) is 0 Å². The van der Waals surface area contributed by atoms with E-state index < -0.39 is 0 Å². The Hall–Kier alpha value is -3.38. The van der Waals surface area contributed by atoms with Gasteiger partial charge in [-0.15, -0.1) is 0 Å². The molecule has 0 aliphatic heterocycles. The average Bonchev–Trinajstić information content (AvgIpc) is 2.72. The fraction of sp³-hybridized carbons (Fsp3) is 0.0370.